The molecule has 0 unspecified atom stereocenters. The molecule has 0 bridgehead atoms. The molecule has 0 amide bonds. The van der Waals surface area contributed by atoms with Crippen LogP contribution >= 0.6 is 0 Å². The van der Waals surface area contributed by atoms with Gasteiger partial charge in [-0.25, -0.2) is 0 Å². The van der Waals surface area contributed by atoms with Gasteiger partial charge >= 0.3 is 0 Å². The molecule has 0 N–H and O–H groups in total. The van der Waals surface area contributed by atoms with Gasteiger partial charge in [-0.15, -0.1) is 0 Å². The van der Waals surface area contributed by atoms with Crippen LogP contribution in [0, 0.1) is 0 Å². The number of Topliss-reactive ketones (excluding diaryl/α,β-unsaturated/α-hetero) is 2. The molecular weight excluding hydrogens is 188 g/mol. The van der Waals surface area contributed by atoms with Crippen molar-refractivity contribution in [2.24, 2.45) is 0 Å². The Kier molecular flexibility index (Phi) is 7.16. The minimum Gasteiger partial charge on any atom is -0.300 e. The van der Waals surface area contributed by atoms with Gasteiger partial charge in [-0.05, 0) is 6.92 Å². The summed E-state index contributed by atoms with van der Waals surface area (Å²) in [6.07, 6.45) is 1.25. The normalized spacial score (nSPS) is 8.73. The monoisotopic (exact) mass is 206 g/mol. The highest BCUT2D eigenvalue weighted by Crippen LogP contribution is 2.01. The lowest BCUT2D eigenvalue weighted by molar-refractivity contribution is -0.116. The molecule has 0 heterocycles. The first-order chi connectivity index (χ1) is 7.11. The maximum Gasteiger partial charge on any atom is 0.162 e. The molecule has 0 atom stereocenters. The second-order valence-electron chi connectivity index (χ2n) is 3.20. The van der Waals surface area contributed by atoms with Crippen molar-refractivity contribution in [2.45, 2.75) is 33.6 Å². The summed E-state index contributed by atoms with van der Waals surface area (Å²) in [5, 5.41) is 0. The molecule has 0 saturated carbocycles. The van der Waals surface area contributed by atoms with Crippen LogP contribution in [0.3, 0.4) is 0 Å². The molecular formula is C13H18O2. The Bertz CT molecular complexity index is 302. The third-order valence-electron chi connectivity index (χ3n) is 1.91. The van der Waals surface area contributed by atoms with Gasteiger partial charge in [0.15, 0.2) is 5.78 Å². The fraction of sp³-hybridized carbons (Fsp3) is 0.385. The average Bonchev–Trinajstić information content (AvgIpc) is 2.30. The van der Waals surface area contributed by atoms with E-state index in [1.54, 1.807) is 6.92 Å². The fourth-order valence-electron chi connectivity index (χ4n) is 0.828. The number of ketones is 2. The zero-order valence-electron chi connectivity index (χ0n) is 9.62. The van der Waals surface area contributed by atoms with E-state index in [0.29, 0.717) is 12.8 Å². The third-order valence-corrected chi connectivity index (χ3v) is 1.91. The van der Waals surface area contributed by atoms with Crippen LogP contribution in [-0.4, -0.2) is 11.6 Å². The lowest BCUT2D eigenvalue weighted by Crippen LogP contribution is -1.94. The number of carbonyl (C=O) groups is 2. The summed E-state index contributed by atoms with van der Waals surface area (Å²) in [7, 11) is 0. The highest BCUT2D eigenvalue weighted by molar-refractivity contribution is 5.95. The second kappa shape index (κ2) is 7.92. The lowest BCUT2D eigenvalue weighted by Gasteiger charge is -1.93. The van der Waals surface area contributed by atoms with E-state index in [2.05, 4.69) is 0 Å². The molecule has 0 fully saturated rings. The van der Waals surface area contributed by atoms with Crippen LogP contribution in [0.25, 0.3) is 0 Å². The molecule has 0 aliphatic carbocycles. The van der Waals surface area contributed by atoms with Gasteiger partial charge in [0.05, 0.1) is 0 Å². The van der Waals surface area contributed by atoms with E-state index in [4.69, 9.17) is 0 Å². The highest BCUT2D eigenvalue weighted by Gasteiger charge is 1.98. The highest BCUT2D eigenvalue weighted by atomic mass is 16.1. The molecule has 2 heteroatoms. The van der Waals surface area contributed by atoms with Crippen molar-refractivity contribution in [3.8, 4) is 0 Å². The molecule has 0 spiro atoms. The Labute approximate surface area is 91.3 Å². The molecule has 2 nitrogen and oxygen atoms in total. The summed E-state index contributed by atoms with van der Waals surface area (Å²) in [5.74, 6) is 0.464. The van der Waals surface area contributed by atoms with E-state index < -0.39 is 0 Å². The van der Waals surface area contributed by atoms with E-state index in [1.165, 1.54) is 0 Å². The first-order valence-electron chi connectivity index (χ1n) is 5.19. The van der Waals surface area contributed by atoms with E-state index in [1.807, 2.05) is 44.2 Å². The van der Waals surface area contributed by atoms with Gasteiger partial charge in [0.25, 0.3) is 0 Å². The van der Waals surface area contributed by atoms with Crippen LogP contribution in [0.2, 0.25) is 0 Å². The lowest BCUT2D eigenvalue weighted by atomic mass is 10.1. The van der Waals surface area contributed by atoms with Gasteiger partial charge in [-0.1, -0.05) is 44.2 Å². The molecule has 15 heavy (non-hydrogen) atoms. The second-order valence-corrected chi connectivity index (χ2v) is 3.20. The Morgan fingerprint density at radius 2 is 1.47 bits per heavy atom. The minimum absolute atomic E-state index is 0.209. The maximum atomic E-state index is 11.0. The summed E-state index contributed by atoms with van der Waals surface area (Å²) in [6.45, 7) is 5.30. The van der Waals surface area contributed by atoms with Crippen molar-refractivity contribution in [3.05, 3.63) is 35.9 Å². The molecule has 1 rings (SSSR count). The largest absolute Gasteiger partial charge is 0.300 e. The van der Waals surface area contributed by atoms with Crippen molar-refractivity contribution < 1.29 is 9.59 Å². The Morgan fingerprint density at radius 3 is 1.80 bits per heavy atom. The molecule has 0 radical (unpaired) electrons. The summed E-state index contributed by atoms with van der Waals surface area (Å²) in [6, 6.07) is 9.34. The van der Waals surface area contributed by atoms with Crippen LogP contribution in [0.1, 0.15) is 44.0 Å². The van der Waals surface area contributed by atoms with Crippen LogP contribution < -0.4 is 0 Å². The minimum atomic E-state index is 0.209. The van der Waals surface area contributed by atoms with Crippen molar-refractivity contribution >= 4 is 11.6 Å². The first-order valence-corrected chi connectivity index (χ1v) is 5.19. The van der Waals surface area contributed by atoms with Crippen molar-refractivity contribution in [1.82, 2.24) is 0 Å². The quantitative estimate of drug-likeness (QED) is 0.711. The molecule has 0 aliphatic heterocycles. The summed E-state index contributed by atoms with van der Waals surface area (Å²) in [5.41, 5.74) is 0.810. The van der Waals surface area contributed by atoms with E-state index >= 15 is 0 Å². The molecule has 0 aromatic heterocycles. The molecule has 0 aliphatic rings. The first kappa shape index (κ1) is 13.6. The number of hydrogen-bond acceptors (Lipinski definition) is 2. The van der Waals surface area contributed by atoms with Gasteiger partial charge in [0.2, 0.25) is 0 Å². The number of hydrogen-bond donors (Lipinski definition) is 0. The van der Waals surface area contributed by atoms with Crippen LogP contribution in [0.5, 0.6) is 0 Å². The maximum absolute atomic E-state index is 11.0. The Hall–Kier alpha value is -1.44. The Balaban J connectivity index is 0.000000336. The molecule has 82 valence electrons. The standard InChI is InChI=1S/C9H10O.C4H8O/c1-2-9(10)8-6-4-3-5-7-8;1-3-4(2)5/h3-7H,2H2,1H3;3H2,1-2H3. The van der Waals surface area contributed by atoms with Crippen molar-refractivity contribution in [3.63, 3.8) is 0 Å². The SMILES string of the molecule is CCC(=O)c1ccccc1.CCC(C)=O. The summed E-state index contributed by atoms with van der Waals surface area (Å²) < 4.78 is 0. The predicted octanol–water partition coefficient (Wildman–Crippen LogP) is 3.26. The topological polar surface area (TPSA) is 34.1 Å². The number of rotatable bonds is 3. The zero-order valence-corrected chi connectivity index (χ0v) is 9.62. The number of benzene rings is 1. The zero-order chi connectivity index (χ0) is 11.7. The van der Waals surface area contributed by atoms with Gasteiger partial charge < -0.3 is 4.79 Å². The van der Waals surface area contributed by atoms with E-state index in [9.17, 15) is 9.59 Å². The van der Waals surface area contributed by atoms with Crippen molar-refractivity contribution in [2.75, 3.05) is 0 Å². The van der Waals surface area contributed by atoms with Gasteiger partial charge in [0, 0.05) is 18.4 Å². The molecule has 0 saturated heterocycles. The van der Waals surface area contributed by atoms with Crippen molar-refractivity contribution in [1.29, 1.82) is 0 Å². The van der Waals surface area contributed by atoms with Crippen LogP contribution in [0.4, 0.5) is 0 Å². The molecule has 1 aromatic carbocycles. The van der Waals surface area contributed by atoms with Crippen LogP contribution in [0.15, 0.2) is 30.3 Å². The summed E-state index contributed by atoms with van der Waals surface area (Å²) >= 11 is 0. The van der Waals surface area contributed by atoms with E-state index in [-0.39, 0.29) is 11.6 Å². The molecule has 1 aromatic rings. The summed E-state index contributed by atoms with van der Waals surface area (Å²) in [4.78, 5) is 20.8. The number of carbonyl (C=O) groups excluding carboxylic acids is 2. The predicted molar refractivity (Wildman–Crippen MR) is 62.0 cm³/mol. The van der Waals surface area contributed by atoms with Crippen LogP contribution in [-0.2, 0) is 4.79 Å². The fourth-order valence-corrected chi connectivity index (χ4v) is 0.828. The Morgan fingerprint density at radius 1 is 1.00 bits per heavy atom. The third kappa shape index (κ3) is 6.61. The van der Waals surface area contributed by atoms with Gasteiger partial charge in [-0.2, -0.15) is 0 Å². The average molecular weight is 206 g/mol. The smallest absolute Gasteiger partial charge is 0.162 e. The van der Waals surface area contributed by atoms with Gasteiger partial charge in [-0.3, -0.25) is 4.79 Å². The van der Waals surface area contributed by atoms with Gasteiger partial charge in [0.1, 0.15) is 5.78 Å². The van der Waals surface area contributed by atoms with E-state index in [0.717, 1.165) is 5.56 Å².